The molecule has 0 aliphatic heterocycles. The molecule has 0 radical (unpaired) electrons. The van der Waals surface area contributed by atoms with Gasteiger partial charge in [0.05, 0.1) is 11.2 Å². The highest BCUT2D eigenvalue weighted by Gasteiger charge is 2.06. The number of halogens is 1. The first-order chi connectivity index (χ1) is 8.56. The Morgan fingerprint density at radius 1 is 1.50 bits per heavy atom. The monoisotopic (exact) mass is 265 g/mol. The van der Waals surface area contributed by atoms with E-state index in [2.05, 4.69) is 5.10 Å². The lowest BCUT2D eigenvalue weighted by Crippen LogP contribution is -2.05. The number of benzene rings is 1. The van der Waals surface area contributed by atoms with Crippen molar-refractivity contribution in [3.8, 4) is 5.75 Å². The number of ether oxygens (including phenoxy) is 1. The van der Waals surface area contributed by atoms with E-state index in [1.54, 1.807) is 10.9 Å². The summed E-state index contributed by atoms with van der Waals surface area (Å²) in [6.07, 6.45) is 3.68. The third-order valence-corrected chi connectivity index (χ3v) is 2.93. The molecule has 0 fully saturated rings. The summed E-state index contributed by atoms with van der Waals surface area (Å²) in [6, 6.07) is 5.58. The average molecular weight is 266 g/mol. The van der Waals surface area contributed by atoms with Gasteiger partial charge in [0.1, 0.15) is 12.4 Å². The second-order valence-electron chi connectivity index (χ2n) is 4.29. The van der Waals surface area contributed by atoms with Crippen molar-refractivity contribution in [3.63, 3.8) is 0 Å². The summed E-state index contributed by atoms with van der Waals surface area (Å²) >= 11 is 6.14. The van der Waals surface area contributed by atoms with Gasteiger partial charge in [-0.3, -0.25) is 4.68 Å². The number of hydrogen-bond donors (Lipinski definition) is 1. The maximum absolute atomic E-state index is 6.14. The Morgan fingerprint density at radius 2 is 2.28 bits per heavy atom. The van der Waals surface area contributed by atoms with E-state index in [-0.39, 0.29) is 6.04 Å². The molecule has 1 aromatic heterocycles. The Kier molecular flexibility index (Phi) is 3.89. The molecule has 0 saturated heterocycles. The molecule has 1 atom stereocenters. The van der Waals surface area contributed by atoms with Crippen LogP contribution in [-0.2, 0) is 13.7 Å². The van der Waals surface area contributed by atoms with Crippen LogP contribution in [0, 0.1) is 0 Å². The first kappa shape index (κ1) is 12.9. The van der Waals surface area contributed by atoms with Gasteiger partial charge in [0.15, 0.2) is 0 Å². The van der Waals surface area contributed by atoms with Gasteiger partial charge in [0.2, 0.25) is 0 Å². The summed E-state index contributed by atoms with van der Waals surface area (Å²) in [5.41, 5.74) is 7.79. The zero-order valence-corrected chi connectivity index (χ0v) is 11.2. The molecule has 0 spiro atoms. The normalized spacial score (nSPS) is 12.4. The summed E-state index contributed by atoms with van der Waals surface area (Å²) in [6.45, 7) is 2.37. The highest BCUT2D eigenvalue weighted by Crippen LogP contribution is 2.27. The summed E-state index contributed by atoms with van der Waals surface area (Å²) < 4.78 is 7.38. The number of nitrogens with zero attached hydrogens (tertiary/aromatic N) is 2. The van der Waals surface area contributed by atoms with Crippen molar-refractivity contribution in [1.82, 2.24) is 9.78 Å². The Morgan fingerprint density at radius 3 is 2.83 bits per heavy atom. The highest BCUT2D eigenvalue weighted by molar-refractivity contribution is 6.32. The van der Waals surface area contributed by atoms with E-state index >= 15 is 0 Å². The average Bonchev–Trinajstić information content (AvgIpc) is 2.73. The van der Waals surface area contributed by atoms with Crippen LogP contribution in [0.4, 0.5) is 0 Å². The molecular formula is C13H16ClN3O. The van der Waals surface area contributed by atoms with Crippen molar-refractivity contribution in [2.45, 2.75) is 19.6 Å². The molecule has 1 aromatic carbocycles. The van der Waals surface area contributed by atoms with Crippen molar-refractivity contribution in [2.75, 3.05) is 0 Å². The fourth-order valence-corrected chi connectivity index (χ4v) is 1.87. The van der Waals surface area contributed by atoms with Crippen LogP contribution in [0.3, 0.4) is 0 Å². The SMILES string of the molecule is C[C@@H](N)c1ccc(OCc2cnn(C)c2)c(Cl)c1. The fourth-order valence-electron chi connectivity index (χ4n) is 1.62. The van der Waals surface area contributed by atoms with Crippen molar-refractivity contribution < 1.29 is 4.74 Å². The summed E-state index contributed by atoms with van der Waals surface area (Å²) in [5.74, 6) is 0.657. The Hall–Kier alpha value is -1.52. The molecule has 0 unspecified atom stereocenters. The van der Waals surface area contributed by atoms with Crippen LogP contribution in [-0.4, -0.2) is 9.78 Å². The van der Waals surface area contributed by atoms with Crippen molar-refractivity contribution in [1.29, 1.82) is 0 Å². The zero-order chi connectivity index (χ0) is 13.1. The van der Waals surface area contributed by atoms with E-state index in [0.29, 0.717) is 17.4 Å². The van der Waals surface area contributed by atoms with Crippen LogP contribution < -0.4 is 10.5 Å². The van der Waals surface area contributed by atoms with Gasteiger partial charge in [0, 0.05) is 24.8 Å². The van der Waals surface area contributed by atoms with E-state index in [4.69, 9.17) is 22.1 Å². The molecule has 5 heteroatoms. The Bertz CT molecular complexity index is 537. The van der Waals surface area contributed by atoms with Gasteiger partial charge >= 0.3 is 0 Å². The largest absolute Gasteiger partial charge is 0.487 e. The third kappa shape index (κ3) is 3.03. The predicted octanol–water partition coefficient (Wildman–Crippen LogP) is 2.67. The lowest BCUT2D eigenvalue weighted by molar-refractivity contribution is 0.306. The minimum atomic E-state index is -0.0325. The first-order valence-electron chi connectivity index (χ1n) is 5.71. The minimum absolute atomic E-state index is 0.0325. The van der Waals surface area contributed by atoms with Crippen molar-refractivity contribution in [2.24, 2.45) is 12.8 Å². The molecule has 2 N–H and O–H groups in total. The summed E-state index contributed by atoms with van der Waals surface area (Å²) in [4.78, 5) is 0. The molecule has 4 nitrogen and oxygen atoms in total. The molecule has 18 heavy (non-hydrogen) atoms. The van der Waals surface area contributed by atoms with E-state index in [9.17, 15) is 0 Å². The topological polar surface area (TPSA) is 53.1 Å². The van der Waals surface area contributed by atoms with Gasteiger partial charge in [-0.05, 0) is 24.6 Å². The maximum Gasteiger partial charge on any atom is 0.138 e. The molecule has 96 valence electrons. The highest BCUT2D eigenvalue weighted by atomic mass is 35.5. The Balaban J connectivity index is 2.05. The predicted molar refractivity (Wildman–Crippen MR) is 71.6 cm³/mol. The lowest BCUT2D eigenvalue weighted by atomic mass is 10.1. The number of hydrogen-bond acceptors (Lipinski definition) is 3. The second-order valence-corrected chi connectivity index (χ2v) is 4.70. The Labute approximate surface area is 111 Å². The number of aromatic nitrogens is 2. The van der Waals surface area contributed by atoms with Crippen molar-refractivity contribution >= 4 is 11.6 Å². The van der Waals surface area contributed by atoms with Gasteiger partial charge < -0.3 is 10.5 Å². The van der Waals surface area contributed by atoms with Crippen LogP contribution in [0.5, 0.6) is 5.75 Å². The van der Waals surface area contributed by atoms with Crippen LogP contribution in [0.2, 0.25) is 5.02 Å². The first-order valence-corrected chi connectivity index (χ1v) is 6.09. The molecule has 0 aliphatic carbocycles. The van der Waals surface area contributed by atoms with Gasteiger partial charge in [-0.15, -0.1) is 0 Å². The lowest BCUT2D eigenvalue weighted by Gasteiger charge is -2.10. The fraction of sp³-hybridized carbons (Fsp3) is 0.308. The molecule has 0 bridgehead atoms. The smallest absolute Gasteiger partial charge is 0.138 e. The van der Waals surface area contributed by atoms with Gasteiger partial charge in [-0.2, -0.15) is 5.10 Å². The molecule has 0 amide bonds. The van der Waals surface area contributed by atoms with Gasteiger partial charge in [0.25, 0.3) is 0 Å². The standard InChI is InChI=1S/C13H16ClN3O/c1-9(15)11-3-4-13(12(14)5-11)18-8-10-6-16-17(2)7-10/h3-7,9H,8,15H2,1-2H3/t9-/m1/s1. The van der Waals surface area contributed by atoms with Crippen LogP contribution in [0.15, 0.2) is 30.6 Å². The third-order valence-electron chi connectivity index (χ3n) is 2.63. The van der Waals surface area contributed by atoms with E-state index in [0.717, 1.165) is 11.1 Å². The second kappa shape index (κ2) is 5.42. The van der Waals surface area contributed by atoms with Crippen LogP contribution in [0.25, 0.3) is 0 Å². The zero-order valence-electron chi connectivity index (χ0n) is 10.4. The minimum Gasteiger partial charge on any atom is -0.487 e. The van der Waals surface area contributed by atoms with Crippen LogP contribution >= 0.6 is 11.6 Å². The molecule has 1 heterocycles. The van der Waals surface area contributed by atoms with E-state index in [1.165, 1.54) is 0 Å². The van der Waals surface area contributed by atoms with Gasteiger partial charge in [-0.1, -0.05) is 17.7 Å². The summed E-state index contributed by atoms with van der Waals surface area (Å²) in [5, 5.41) is 4.65. The molecule has 2 aromatic rings. The van der Waals surface area contributed by atoms with E-state index < -0.39 is 0 Å². The number of rotatable bonds is 4. The molecule has 0 aliphatic rings. The summed E-state index contributed by atoms with van der Waals surface area (Å²) in [7, 11) is 1.87. The van der Waals surface area contributed by atoms with Gasteiger partial charge in [-0.25, -0.2) is 0 Å². The van der Waals surface area contributed by atoms with Crippen LogP contribution in [0.1, 0.15) is 24.1 Å². The molecule has 2 rings (SSSR count). The van der Waals surface area contributed by atoms with E-state index in [1.807, 2.05) is 38.4 Å². The quantitative estimate of drug-likeness (QED) is 0.925. The maximum atomic E-state index is 6.14. The van der Waals surface area contributed by atoms with Crippen molar-refractivity contribution in [3.05, 3.63) is 46.7 Å². The molecular weight excluding hydrogens is 250 g/mol. The number of nitrogens with two attached hydrogens (primary N) is 1. The molecule has 0 saturated carbocycles. The number of aryl methyl sites for hydroxylation is 1.